The number of fused-ring (bicyclic) bond motifs is 1. The number of halogens is 2. The summed E-state index contributed by atoms with van der Waals surface area (Å²) < 4.78 is 26.5. The molecule has 0 spiro atoms. The van der Waals surface area contributed by atoms with Crippen LogP contribution in [0.3, 0.4) is 0 Å². The third kappa shape index (κ3) is 1.94. The van der Waals surface area contributed by atoms with Gasteiger partial charge in [-0.05, 0) is 20.3 Å². The monoisotopic (exact) mass is 254 g/mol. The molecule has 0 bridgehead atoms. The van der Waals surface area contributed by atoms with E-state index >= 15 is 0 Å². The van der Waals surface area contributed by atoms with Gasteiger partial charge in [0.05, 0.1) is 11.4 Å². The minimum absolute atomic E-state index is 0.136. The molecule has 1 heterocycles. The van der Waals surface area contributed by atoms with Crippen molar-refractivity contribution in [2.24, 2.45) is 0 Å². The first kappa shape index (κ1) is 12.8. The molecule has 98 valence electrons. The van der Waals surface area contributed by atoms with E-state index in [1.807, 2.05) is 6.92 Å². The average Bonchev–Trinajstić information content (AvgIpc) is 2.28. The molecule has 1 N–H and O–H groups in total. The van der Waals surface area contributed by atoms with Gasteiger partial charge in [0.1, 0.15) is 5.54 Å². The Labute approximate surface area is 105 Å². The number of hydrogen-bond acceptors (Lipinski definition) is 2. The number of carbonyl (C=O) groups excluding carboxylic acids is 1. The minimum Gasteiger partial charge on any atom is -0.370 e. The number of nitrogens with one attached hydrogen (secondary N) is 1. The van der Waals surface area contributed by atoms with Crippen LogP contribution in [0.4, 0.5) is 20.2 Å². The molecule has 0 saturated carbocycles. The van der Waals surface area contributed by atoms with E-state index in [0.29, 0.717) is 17.9 Å². The molecule has 18 heavy (non-hydrogen) atoms. The largest absolute Gasteiger partial charge is 0.370 e. The number of nitrogens with zero attached hydrogens (tertiary/aromatic N) is 1. The van der Waals surface area contributed by atoms with Gasteiger partial charge in [0.2, 0.25) is 0 Å². The maximum absolute atomic E-state index is 13.3. The maximum atomic E-state index is 13.3. The van der Waals surface area contributed by atoms with Gasteiger partial charge in [0.25, 0.3) is 5.91 Å². The second kappa shape index (κ2) is 4.23. The number of benzene rings is 1. The Morgan fingerprint density at radius 3 is 2.50 bits per heavy atom. The van der Waals surface area contributed by atoms with Crippen molar-refractivity contribution in [3.05, 3.63) is 23.8 Å². The number of anilines is 2. The summed E-state index contributed by atoms with van der Waals surface area (Å²) >= 11 is 0. The molecule has 0 aliphatic carbocycles. The predicted octanol–water partition coefficient (Wildman–Crippen LogP) is 2.91. The standard InChI is InChI=1S/C13H16F2N2O/c1-4-5-17-11-7-9(15)8(14)6-10(11)16-13(2,3)12(17)18/h6-7,16H,4-5H2,1-3H3. The molecular weight excluding hydrogens is 238 g/mol. The molecule has 1 aliphatic rings. The lowest BCUT2D eigenvalue weighted by atomic mass is 9.97. The molecule has 1 aromatic rings. The van der Waals surface area contributed by atoms with Crippen LogP contribution >= 0.6 is 0 Å². The van der Waals surface area contributed by atoms with E-state index < -0.39 is 17.2 Å². The maximum Gasteiger partial charge on any atom is 0.252 e. The number of hydrogen-bond donors (Lipinski definition) is 1. The van der Waals surface area contributed by atoms with E-state index in [-0.39, 0.29) is 5.91 Å². The molecule has 0 fully saturated rings. The van der Waals surface area contributed by atoms with Crippen LogP contribution in [0.1, 0.15) is 27.2 Å². The zero-order valence-corrected chi connectivity index (χ0v) is 10.7. The lowest BCUT2D eigenvalue weighted by Crippen LogP contribution is -2.54. The van der Waals surface area contributed by atoms with Crippen LogP contribution in [0.15, 0.2) is 12.1 Å². The highest BCUT2D eigenvalue weighted by atomic mass is 19.2. The summed E-state index contributed by atoms with van der Waals surface area (Å²) in [6, 6.07) is 2.17. The van der Waals surface area contributed by atoms with Gasteiger partial charge in [-0.1, -0.05) is 6.92 Å². The zero-order chi connectivity index (χ0) is 13.5. The summed E-state index contributed by atoms with van der Waals surface area (Å²) in [4.78, 5) is 13.8. The van der Waals surface area contributed by atoms with Crippen molar-refractivity contribution in [1.29, 1.82) is 0 Å². The first-order valence-electron chi connectivity index (χ1n) is 5.96. The van der Waals surface area contributed by atoms with Crippen LogP contribution in [-0.4, -0.2) is 18.0 Å². The van der Waals surface area contributed by atoms with Crippen molar-refractivity contribution in [2.45, 2.75) is 32.7 Å². The number of rotatable bonds is 2. The summed E-state index contributed by atoms with van der Waals surface area (Å²) in [5.41, 5.74) is 0.0407. The van der Waals surface area contributed by atoms with Crippen LogP contribution in [0.2, 0.25) is 0 Å². The fourth-order valence-corrected chi connectivity index (χ4v) is 2.14. The van der Waals surface area contributed by atoms with E-state index in [4.69, 9.17) is 0 Å². The lowest BCUT2D eigenvalue weighted by Gasteiger charge is -2.39. The van der Waals surface area contributed by atoms with Crippen LogP contribution in [0, 0.1) is 11.6 Å². The van der Waals surface area contributed by atoms with Crippen molar-refractivity contribution < 1.29 is 13.6 Å². The fourth-order valence-electron chi connectivity index (χ4n) is 2.14. The molecule has 1 aliphatic heterocycles. The van der Waals surface area contributed by atoms with E-state index in [1.54, 1.807) is 13.8 Å². The van der Waals surface area contributed by atoms with Gasteiger partial charge < -0.3 is 10.2 Å². The average molecular weight is 254 g/mol. The molecule has 0 saturated heterocycles. The second-order valence-electron chi connectivity index (χ2n) is 4.99. The van der Waals surface area contributed by atoms with Gasteiger partial charge in [0.15, 0.2) is 11.6 Å². The Kier molecular flexibility index (Phi) is 3.00. The second-order valence-corrected chi connectivity index (χ2v) is 4.99. The molecule has 5 heteroatoms. The van der Waals surface area contributed by atoms with Crippen LogP contribution in [0.25, 0.3) is 0 Å². The Hall–Kier alpha value is -1.65. The molecule has 2 rings (SSSR count). The van der Waals surface area contributed by atoms with Crippen LogP contribution in [-0.2, 0) is 4.79 Å². The minimum atomic E-state index is -0.941. The van der Waals surface area contributed by atoms with Crippen LogP contribution < -0.4 is 10.2 Å². The number of carbonyl (C=O) groups is 1. The van der Waals surface area contributed by atoms with Crippen molar-refractivity contribution in [1.82, 2.24) is 0 Å². The Bertz CT molecular complexity index is 500. The SMILES string of the molecule is CCCN1C(=O)C(C)(C)Nc2cc(F)c(F)cc21. The van der Waals surface area contributed by atoms with E-state index in [0.717, 1.165) is 18.6 Å². The Morgan fingerprint density at radius 2 is 1.89 bits per heavy atom. The molecule has 3 nitrogen and oxygen atoms in total. The van der Waals surface area contributed by atoms with Gasteiger partial charge in [-0.2, -0.15) is 0 Å². The molecule has 0 atom stereocenters. The van der Waals surface area contributed by atoms with Gasteiger partial charge in [0, 0.05) is 18.7 Å². The zero-order valence-electron chi connectivity index (χ0n) is 10.7. The molecule has 0 radical (unpaired) electrons. The van der Waals surface area contributed by atoms with Gasteiger partial charge in [-0.3, -0.25) is 4.79 Å². The highest BCUT2D eigenvalue weighted by molar-refractivity contribution is 6.07. The fraction of sp³-hybridized carbons (Fsp3) is 0.462. The molecule has 1 aromatic carbocycles. The number of amides is 1. The van der Waals surface area contributed by atoms with Crippen molar-refractivity contribution in [3.8, 4) is 0 Å². The van der Waals surface area contributed by atoms with E-state index in [1.165, 1.54) is 4.90 Å². The highest BCUT2D eigenvalue weighted by Crippen LogP contribution is 2.36. The third-order valence-corrected chi connectivity index (χ3v) is 3.00. The van der Waals surface area contributed by atoms with E-state index in [2.05, 4.69) is 5.32 Å². The molecular formula is C13H16F2N2O. The molecule has 1 amide bonds. The first-order valence-corrected chi connectivity index (χ1v) is 5.96. The topological polar surface area (TPSA) is 32.3 Å². The van der Waals surface area contributed by atoms with Crippen molar-refractivity contribution in [3.63, 3.8) is 0 Å². The Balaban J connectivity index is 2.56. The first-order chi connectivity index (χ1) is 8.36. The summed E-state index contributed by atoms with van der Waals surface area (Å²) in [6.07, 6.45) is 0.750. The summed E-state index contributed by atoms with van der Waals surface area (Å²) in [5.74, 6) is -1.99. The van der Waals surface area contributed by atoms with Crippen molar-refractivity contribution in [2.75, 3.05) is 16.8 Å². The Morgan fingerprint density at radius 1 is 1.28 bits per heavy atom. The van der Waals surface area contributed by atoms with Crippen LogP contribution in [0.5, 0.6) is 0 Å². The van der Waals surface area contributed by atoms with Crippen molar-refractivity contribution >= 4 is 17.3 Å². The predicted molar refractivity (Wildman–Crippen MR) is 66.7 cm³/mol. The lowest BCUT2D eigenvalue weighted by molar-refractivity contribution is -0.122. The van der Waals surface area contributed by atoms with Gasteiger partial charge in [-0.25, -0.2) is 8.78 Å². The summed E-state index contributed by atoms with van der Waals surface area (Å²) in [5, 5.41) is 2.94. The third-order valence-electron chi connectivity index (χ3n) is 3.00. The summed E-state index contributed by atoms with van der Waals surface area (Å²) in [6.45, 7) is 5.87. The highest BCUT2D eigenvalue weighted by Gasteiger charge is 2.38. The smallest absolute Gasteiger partial charge is 0.252 e. The van der Waals surface area contributed by atoms with E-state index in [9.17, 15) is 13.6 Å². The molecule has 0 aromatic heterocycles. The normalized spacial score (nSPS) is 17.4. The van der Waals surface area contributed by atoms with Gasteiger partial charge >= 0.3 is 0 Å². The molecule has 0 unspecified atom stereocenters. The quantitative estimate of drug-likeness (QED) is 0.880. The summed E-state index contributed by atoms with van der Waals surface area (Å²) in [7, 11) is 0. The van der Waals surface area contributed by atoms with Gasteiger partial charge in [-0.15, -0.1) is 0 Å².